The lowest BCUT2D eigenvalue weighted by Gasteiger charge is -2.38. The van der Waals surface area contributed by atoms with Crippen molar-refractivity contribution in [3.63, 3.8) is 0 Å². The van der Waals surface area contributed by atoms with Crippen molar-refractivity contribution in [3.05, 3.63) is 35.6 Å². The molecule has 1 aromatic rings. The van der Waals surface area contributed by atoms with Gasteiger partial charge in [-0.25, -0.2) is 4.39 Å². The maximum absolute atomic E-state index is 13.6. The van der Waals surface area contributed by atoms with E-state index in [1.165, 1.54) is 19.3 Å². The molecule has 1 unspecified atom stereocenters. The molecule has 0 bridgehead atoms. The van der Waals surface area contributed by atoms with Gasteiger partial charge in [0.15, 0.2) is 0 Å². The maximum Gasteiger partial charge on any atom is 0.126 e. The molecule has 1 aromatic carbocycles. The summed E-state index contributed by atoms with van der Waals surface area (Å²) >= 11 is 0. The summed E-state index contributed by atoms with van der Waals surface area (Å²) in [7, 11) is 0. The van der Waals surface area contributed by atoms with E-state index in [2.05, 4.69) is 12.2 Å². The lowest BCUT2D eigenvalue weighted by atomic mass is 9.75. The third kappa shape index (κ3) is 2.74. The van der Waals surface area contributed by atoms with Crippen LogP contribution in [-0.2, 0) is 0 Å². The molecule has 2 saturated carbocycles. The highest BCUT2D eigenvalue weighted by atomic mass is 19.1. The van der Waals surface area contributed by atoms with E-state index in [0.717, 1.165) is 24.3 Å². The van der Waals surface area contributed by atoms with Crippen LogP contribution in [0.3, 0.4) is 0 Å². The zero-order chi connectivity index (χ0) is 12.5. The van der Waals surface area contributed by atoms with Crippen LogP contribution in [-0.4, -0.2) is 12.1 Å². The molecule has 98 valence electrons. The zero-order valence-electron chi connectivity index (χ0n) is 11.0. The molecule has 0 saturated heterocycles. The van der Waals surface area contributed by atoms with E-state index in [0.29, 0.717) is 18.0 Å². The Labute approximate surface area is 109 Å². The minimum absolute atomic E-state index is 0.0352. The van der Waals surface area contributed by atoms with Gasteiger partial charge in [-0.05, 0) is 49.7 Å². The van der Waals surface area contributed by atoms with Gasteiger partial charge in [-0.1, -0.05) is 31.0 Å². The molecule has 0 heterocycles. The average molecular weight is 247 g/mol. The van der Waals surface area contributed by atoms with Crippen LogP contribution in [0.4, 0.5) is 4.39 Å². The monoisotopic (exact) mass is 247 g/mol. The molecule has 2 aliphatic rings. The Hall–Kier alpha value is -0.890. The second-order valence-electron chi connectivity index (χ2n) is 6.13. The van der Waals surface area contributed by atoms with Crippen LogP contribution in [0.25, 0.3) is 0 Å². The summed E-state index contributed by atoms with van der Waals surface area (Å²) in [5.74, 6) is 1.37. The van der Waals surface area contributed by atoms with Gasteiger partial charge in [0.25, 0.3) is 0 Å². The number of rotatable bonds is 5. The molecule has 0 aromatic heterocycles. The minimum atomic E-state index is -0.0352. The number of halogens is 1. The van der Waals surface area contributed by atoms with Crippen molar-refractivity contribution in [1.82, 2.24) is 5.32 Å². The normalized spacial score (nSPS) is 28.8. The molecular formula is C16H22FN. The molecule has 1 N–H and O–H groups in total. The summed E-state index contributed by atoms with van der Waals surface area (Å²) in [6.07, 6.45) is 6.36. The van der Waals surface area contributed by atoms with Crippen LogP contribution < -0.4 is 5.32 Å². The quantitative estimate of drug-likeness (QED) is 0.833. The molecule has 0 amide bonds. The van der Waals surface area contributed by atoms with Gasteiger partial charge >= 0.3 is 0 Å². The minimum Gasteiger partial charge on any atom is -0.311 e. The molecule has 2 heteroatoms. The van der Waals surface area contributed by atoms with Crippen LogP contribution in [0.2, 0.25) is 0 Å². The van der Waals surface area contributed by atoms with E-state index in [1.54, 1.807) is 12.1 Å². The highest BCUT2D eigenvalue weighted by Crippen LogP contribution is 2.39. The van der Waals surface area contributed by atoms with Crippen LogP contribution in [0.5, 0.6) is 0 Å². The van der Waals surface area contributed by atoms with Gasteiger partial charge in [0, 0.05) is 12.1 Å². The summed E-state index contributed by atoms with van der Waals surface area (Å²) in [5, 5.41) is 3.68. The van der Waals surface area contributed by atoms with Crippen LogP contribution in [0, 0.1) is 11.7 Å². The topological polar surface area (TPSA) is 12.0 Å². The predicted molar refractivity (Wildman–Crippen MR) is 72.1 cm³/mol. The second kappa shape index (κ2) is 5.00. The number of hydrogen-bond acceptors (Lipinski definition) is 1. The van der Waals surface area contributed by atoms with E-state index < -0.39 is 0 Å². The first-order valence-electron chi connectivity index (χ1n) is 7.23. The summed E-state index contributed by atoms with van der Waals surface area (Å²) in [4.78, 5) is 0. The molecular weight excluding hydrogens is 225 g/mol. The highest BCUT2D eigenvalue weighted by molar-refractivity contribution is 5.24. The predicted octanol–water partition coefficient (Wildman–Crippen LogP) is 3.85. The molecule has 2 fully saturated rings. The van der Waals surface area contributed by atoms with E-state index in [-0.39, 0.29) is 5.82 Å². The molecule has 0 spiro atoms. The summed E-state index contributed by atoms with van der Waals surface area (Å²) in [6.45, 7) is 2.29. The molecule has 0 aliphatic heterocycles. The van der Waals surface area contributed by atoms with Gasteiger partial charge in [0.2, 0.25) is 0 Å². The Morgan fingerprint density at radius 1 is 1.28 bits per heavy atom. The van der Waals surface area contributed by atoms with Crippen molar-refractivity contribution in [2.24, 2.45) is 5.92 Å². The van der Waals surface area contributed by atoms with Crippen LogP contribution in [0.15, 0.2) is 24.3 Å². The lowest BCUT2D eigenvalue weighted by molar-refractivity contribution is 0.258. The Morgan fingerprint density at radius 3 is 2.67 bits per heavy atom. The Kier molecular flexibility index (Phi) is 3.38. The Balaban J connectivity index is 1.46. The van der Waals surface area contributed by atoms with Crippen LogP contribution in [0.1, 0.15) is 50.5 Å². The lowest BCUT2D eigenvalue weighted by Crippen LogP contribution is -2.44. The van der Waals surface area contributed by atoms with E-state index in [9.17, 15) is 4.39 Å². The van der Waals surface area contributed by atoms with Crippen molar-refractivity contribution >= 4 is 0 Å². The van der Waals surface area contributed by atoms with Crippen molar-refractivity contribution < 1.29 is 4.39 Å². The van der Waals surface area contributed by atoms with Gasteiger partial charge in [-0.3, -0.25) is 0 Å². The molecule has 1 atom stereocenters. The zero-order valence-corrected chi connectivity index (χ0v) is 11.0. The second-order valence-corrected chi connectivity index (χ2v) is 6.13. The number of benzene rings is 1. The summed E-state index contributed by atoms with van der Waals surface area (Å²) in [5.41, 5.74) is 0.908. The van der Waals surface area contributed by atoms with Crippen molar-refractivity contribution in [3.8, 4) is 0 Å². The van der Waals surface area contributed by atoms with E-state index in [1.807, 2.05) is 12.1 Å². The van der Waals surface area contributed by atoms with Gasteiger partial charge in [-0.2, -0.15) is 0 Å². The highest BCUT2D eigenvalue weighted by Gasteiger charge is 2.33. The van der Waals surface area contributed by atoms with Crippen molar-refractivity contribution in [1.29, 1.82) is 0 Å². The fraction of sp³-hybridized carbons (Fsp3) is 0.625. The maximum atomic E-state index is 13.6. The average Bonchev–Trinajstić information content (AvgIpc) is 3.08. The smallest absolute Gasteiger partial charge is 0.126 e. The molecule has 18 heavy (non-hydrogen) atoms. The summed E-state index contributed by atoms with van der Waals surface area (Å²) in [6, 6.07) is 8.45. The van der Waals surface area contributed by atoms with Gasteiger partial charge < -0.3 is 5.32 Å². The Bertz CT molecular complexity index is 407. The van der Waals surface area contributed by atoms with E-state index >= 15 is 0 Å². The Morgan fingerprint density at radius 2 is 2.00 bits per heavy atom. The van der Waals surface area contributed by atoms with E-state index in [4.69, 9.17) is 0 Å². The third-order valence-corrected chi connectivity index (χ3v) is 4.39. The SMILES string of the molecule is CC(CC1CC1)NC1CC(c2ccccc2F)C1. The first-order chi connectivity index (χ1) is 8.72. The molecule has 3 rings (SSSR count). The van der Waals surface area contributed by atoms with Crippen LogP contribution >= 0.6 is 0 Å². The first-order valence-corrected chi connectivity index (χ1v) is 7.23. The summed E-state index contributed by atoms with van der Waals surface area (Å²) < 4.78 is 13.6. The molecule has 1 nitrogen and oxygen atoms in total. The molecule has 2 aliphatic carbocycles. The van der Waals surface area contributed by atoms with Gasteiger partial charge in [0.05, 0.1) is 0 Å². The number of hydrogen-bond donors (Lipinski definition) is 1. The standard InChI is InChI=1S/C16H22FN/c1-11(8-12-6-7-12)18-14-9-13(10-14)15-4-2-3-5-16(15)17/h2-5,11-14,18H,6-10H2,1H3. The fourth-order valence-corrected chi connectivity index (χ4v) is 3.14. The van der Waals surface area contributed by atoms with Crippen molar-refractivity contribution in [2.45, 2.75) is 57.0 Å². The largest absolute Gasteiger partial charge is 0.311 e. The van der Waals surface area contributed by atoms with Crippen molar-refractivity contribution in [2.75, 3.05) is 0 Å². The first kappa shape index (κ1) is 12.2. The third-order valence-electron chi connectivity index (χ3n) is 4.39. The fourth-order valence-electron chi connectivity index (χ4n) is 3.14. The molecule has 0 radical (unpaired) electrons. The van der Waals surface area contributed by atoms with Gasteiger partial charge in [-0.15, -0.1) is 0 Å². The van der Waals surface area contributed by atoms with Gasteiger partial charge in [0.1, 0.15) is 5.82 Å². The number of nitrogens with one attached hydrogen (secondary N) is 1.